The summed E-state index contributed by atoms with van der Waals surface area (Å²) in [7, 11) is 1.56. The zero-order valence-corrected chi connectivity index (χ0v) is 21.6. The van der Waals surface area contributed by atoms with Crippen LogP contribution in [0, 0.1) is 5.82 Å². The van der Waals surface area contributed by atoms with Crippen LogP contribution in [-0.2, 0) is 6.54 Å². The molecule has 35 heavy (non-hydrogen) atoms. The van der Waals surface area contributed by atoms with E-state index in [0.29, 0.717) is 22.0 Å². The maximum atomic E-state index is 14.4. The second kappa shape index (κ2) is 13.1. The Hall–Kier alpha value is -3.18. The van der Waals surface area contributed by atoms with Crippen molar-refractivity contribution in [2.75, 3.05) is 12.4 Å². The number of nitrogens with zero attached hydrogens (tertiary/aromatic N) is 2. The lowest BCUT2D eigenvalue weighted by Gasteiger charge is -2.14. The van der Waals surface area contributed by atoms with Gasteiger partial charge in [-0.05, 0) is 67.7 Å². The number of hydrogen-bond donors (Lipinski definition) is 1. The average molecular weight is 494 g/mol. The van der Waals surface area contributed by atoms with E-state index in [0.717, 1.165) is 53.4 Å². The first-order chi connectivity index (χ1) is 17.0. The van der Waals surface area contributed by atoms with Crippen LogP contribution in [0.2, 0.25) is 5.02 Å². The number of ether oxygens (including phenoxy) is 1. The van der Waals surface area contributed by atoms with E-state index in [9.17, 15) is 4.39 Å². The monoisotopic (exact) mass is 493 g/mol. The summed E-state index contributed by atoms with van der Waals surface area (Å²) in [6.07, 6.45) is 11.9. The molecule has 0 aliphatic heterocycles. The molecule has 0 spiro atoms. The lowest BCUT2D eigenvalue weighted by atomic mass is 10.0. The molecule has 0 bridgehead atoms. The molecule has 184 valence electrons. The fraction of sp³-hybridized carbons (Fsp3) is 0.310. The summed E-state index contributed by atoms with van der Waals surface area (Å²) in [5.41, 5.74) is 5.13. The van der Waals surface area contributed by atoms with Crippen LogP contribution in [0.15, 0.2) is 65.9 Å². The van der Waals surface area contributed by atoms with Gasteiger partial charge in [0.15, 0.2) is 0 Å². The van der Waals surface area contributed by atoms with Crippen molar-refractivity contribution in [2.45, 2.75) is 53.0 Å². The highest BCUT2D eigenvalue weighted by Crippen LogP contribution is 2.33. The van der Waals surface area contributed by atoms with Crippen LogP contribution in [0.3, 0.4) is 0 Å². The van der Waals surface area contributed by atoms with E-state index in [4.69, 9.17) is 21.3 Å². The van der Waals surface area contributed by atoms with E-state index < -0.39 is 0 Å². The molecule has 0 saturated heterocycles. The van der Waals surface area contributed by atoms with E-state index in [1.807, 2.05) is 18.3 Å². The standard InChI is InChI=1S/C29H33ClFN3O/c1-5-7-9-20(3)32-17-22(10-8-6-2)21-11-14-28-25(16-21)29(26(30)19-33-28)34-18-23-15-24(35-4)12-13-27(23)31/h8,10-17,19H,5-7,9,18H2,1-4H3,(H,33,34)/b10-8+,22-17+,32-20?. The van der Waals surface area contributed by atoms with Gasteiger partial charge in [0, 0.05) is 35.6 Å². The minimum atomic E-state index is -0.306. The molecule has 0 amide bonds. The zero-order valence-electron chi connectivity index (χ0n) is 20.9. The Morgan fingerprint density at radius 3 is 2.77 bits per heavy atom. The molecule has 1 heterocycles. The van der Waals surface area contributed by atoms with Gasteiger partial charge in [-0.15, -0.1) is 0 Å². The highest BCUT2D eigenvalue weighted by atomic mass is 35.5. The number of halogens is 2. The van der Waals surface area contributed by atoms with Crippen LogP contribution in [0.1, 0.15) is 57.6 Å². The maximum Gasteiger partial charge on any atom is 0.128 e. The molecule has 0 unspecified atom stereocenters. The lowest BCUT2D eigenvalue weighted by Crippen LogP contribution is -2.04. The molecule has 1 N–H and O–H groups in total. The van der Waals surface area contributed by atoms with Gasteiger partial charge in [0.25, 0.3) is 0 Å². The molecule has 0 atom stereocenters. The summed E-state index contributed by atoms with van der Waals surface area (Å²) >= 11 is 6.54. The van der Waals surface area contributed by atoms with Crippen molar-refractivity contribution in [3.8, 4) is 5.75 Å². The first-order valence-electron chi connectivity index (χ1n) is 12.0. The molecule has 0 fully saturated rings. The van der Waals surface area contributed by atoms with Crippen LogP contribution in [0.25, 0.3) is 16.5 Å². The predicted molar refractivity (Wildman–Crippen MR) is 147 cm³/mol. The molecular formula is C29H33ClFN3O. The van der Waals surface area contributed by atoms with E-state index in [1.165, 1.54) is 6.07 Å². The highest BCUT2D eigenvalue weighted by molar-refractivity contribution is 6.34. The van der Waals surface area contributed by atoms with E-state index in [-0.39, 0.29) is 12.4 Å². The Kier molecular flexibility index (Phi) is 9.86. The molecule has 6 heteroatoms. The molecule has 0 saturated carbocycles. The lowest BCUT2D eigenvalue weighted by molar-refractivity contribution is 0.413. The quantitative estimate of drug-likeness (QED) is 0.215. The minimum Gasteiger partial charge on any atom is -0.497 e. The topological polar surface area (TPSA) is 46.5 Å². The third kappa shape index (κ3) is 7.15. The Morgan fingerprint density at radius 2 is 2.03 bits per heavy atom. The molecule has 2 aromatic carbocycles. The van der Waals surface area contributed by atoms with E-state index >= 15 is 0 Å². The molecule has 4 nitrogen and oxygen atoms in total. The van der Waals surface area contributed by atoms with Crippen molar-refractivity contribution >= 4 is 39.5 Å². The zero-order chi connectivity index (χ0) is 25.2. The molecule has 0 radical (unpaired) electrons. The van der Waals surface area contributed by atoms with E-state index in [2.05, 4.69) is 49.3 Å². The number of rotatable bonds is 11. The van der Waals surface area contributed by atoms with Crippen molar-refractivity contribution in [3.63, 3.8) is 0 Å². The molecule has 1 aromatic heterocycles. The van der Waals surface area contributed by atoms with Gasteiger partial charge < -0.3 is 10.1 Å². The van der Waals surface area contributed by atoms with Crippen LogP contribution in [-0.4, -0.2) is 17.8 Å². The highest BCUT2D eigenvalue weighted by Gasteiger charge is 2.11. The first kappa shape index (κ1) is 26.4. The normalized spacial score (nSPS) is 12.5. The van der Waals surface area contributed by atoms with Crippen molar-refractivity contribution in [3.05, 3.63) is 82.9 Å². The van der Waals surface area contributed by atoms with Crippen molar-refractivity contribution in [1.29, 1.82) is 0 Å². The fourth-order valence-electron chi connectivity index (χ4n) is 3.66. The molecule has 3 rings (SSSR count). The number of methoxy groups -OCH3 is 1. The minimum absolute atomic E-state index is 0.255. The fourth-order valence-corrected chi connectivity index (χ4v) is 3.88. The van der Waals surface area contributed by atoms with Crippen LogP contribution >= 0.6 is 11.6 Å². The Labute approximate surface area is 212 Å². The summed E-state index contributed by atoms with van der Waals surface area (Å²) in [6, 6.07) is 10.8. The van der Waals surface area contributed by atoms with Gasteiger partial charge in [-0.25, -0.2) is 4.39 Å². The van der Waals surface area contributed by atoms with Crippen molar-refractivity contribution in [1.82, 2.24) is 4.98 Å². The molecule has 3 aromatic rings. The van der Waals surface area contributed by atoms with Crippen molar-refractivity contribution in [2.24, 2.45) is 4.99 Å². The molecule has 0 aliphatic rings. The largest absolute Gasteiger partial charge is 0.497 e. The third-order valence-corrected chi connectivity index (χ3v) is 6.00. The van der Waals surface area contributed by atoms with Gasteiger partial charge in [-0.2, -0.15) is 0 Å². The first-order valence-corrected chi connectivity index (χ1v) is 12.4. The van der Waals surface area contributed by atoms with Gasteiger partial charge in [-0.1, -0.05) is 50.1 Å². The number of aliphatic imine (C=N–C) groups is 1. The predicted octanol–water partition coefficient (Wildman–Crippen LogP) is 8.61. The Bertz CT molecular complexity index is 1250. The van der Waals surface area contributed by atoms with Gasteiger partial charge >= 0.3 is 0 Å². The smallest absolute Gasteiger partial charge is 0.128 e. The number of pyridine rings is 1. The number of anilines is 1. The maximum absolute atomic E-state index is 14.4. The van der Waals surface area contributed by atoms with Crippen molar-refractivity contribution < 1.29 is 9.13 Å². The number of allylic oxidation sites excluding steroid dienone is 3. The number of fused-ring (bicyclic) bond motifs is 1. The van der Waals surface area contributed by atoms with E-state index in [1.54, 1.807) is 25.4 Å². The van der Waals surface area contributed by atoms with Gasteiger partial charge in [0.1, 0.15) is 11.6 Å². The van der Waals surface area contributed by atoms with Gasteiger partial charge in [0.05, 0.1) is 23.3 Å². The number of benzene rings is 2. The van der Waals surface area contributed by atoms with Gasteiger partial charge in [-0.3, -0.25) is 9.98 Å². The summed E-state index contributed by atoms with van der Waals surface area (Å²) in [5, 5.41) is 4.65. The number of hydrogen-bond acceptors (Lipinski definition) is 4. The number of nitrogens with one attached hydrogen (secondary N) is 1. The molecule has 0 aliphatic carbocycles. The second-order valence-corrected chi connectivity index (χ2v) is 8.79. The molecular weight excluding hydrogens is 461 g/mol. The number of unbranched alkanes of at least 4 members (excludes halogenated alkanes) is 1. The van der Waals surface area contributed by atoms with Gasteiger partial charge in [0.2, 0.25) is 0 Å². The second-order valence-electron chi connectivity index (χ2n) is 8.39. The van der Waals surface area contributed by atoms with Crippen LogP contribution in [0.4, 0.5) is 10.1 Å². The number of aromatic nitrogens is 1. The Balaban J connectivity index is 2.00. The Morgan fingerprint density at radius 1 is 1.20 bits per heavy atom. The SMILES string of the molecule is CC/C=C/C(=C\N=C(C)CCCC)c1ccc2ncc(Cl)c(NCc3cc(OC)ccc3F)c2c1. The van der Waals surface area contributed by atoms with Crippen LogP contribution < -0.4 is 10.1 Å². The van der Waals surface area contributed by atoms with Crippen LogP contribution in [0.5, 0.6) is 5.75 Å². The average Bonchev–Trinajstić information content (AvgIpc) is 2.87. The summed E-state index contributed by atoms with van der Waals surface area (Å²) in [5.74, 6) is 0.295. The third-order valence-electron chi connectivity index (χ3n) is 5.71. The summed E-state index contributed by atoms with van der Waals surface area (Å²) in [6.45, 7) is 6.61. The summed E-state index contributed by atoms with van der Waals surface area (Å²) < 4.78 is 19.6. The summed E-state index contributed by atoms with van der Waals surface area (Å²) in [4.78, 5) is 9.19.